The lowest BCUT2D eigenvalue weighted by atomic mass is 9.87. The van der Waals surface area contributed by atoms with Gasteiger partial charge in [0.15, 0.2) is 0 Å². The molecule has 0 saturated heterocycles. The van der Waals surface area contributed by atoms with Crippen LogP contribution in [0.15, 0.2) is 48.5 Å². The number of phenols is 1. The third kappa shape index (κ3) is 7.58. The number of carbonyl (C=O) groups excluding carboxylic acids is 2. The summed E-state index contributed by atoms with van der Waals surface area (Å²) >= 11 is 0. The smallest absolute Gasteiger partial charge is 0.316 e. The summed E-state index contributed by atoms with van der Waals surface area (Å²) in [5.41, 5.74) is 1.16. The summed E-state index contributed by atoms with van der Waals surface area (Å²) in [7, 11) is 0. The molecule has 0 saturated carbocycles. The molecule has 1 unspecified atom stereocenters. The first-order valence-electron chi connectivity index (χ1n) is 12.7. The van der Waals surface area contributed by atoms with Crippen molar-refractivity contribution in [3.05, 3.63) is 59.7 Å². The average molecular weight is 483 g/mol. The van der Waals surface area contributed by atoms with Crippen molar-refractivity contribution in [3.63, 3.8) is 0 Å². The van der Waals surface area contributed by atoms with Gasteiger partial charge in [-0.2, -0.15) is 0 Å². The molecule has 1 N–H and O–H groups in total. The second-order valence-corrected chi connectivity index (χ2v) is 10.8. The van der Waals surface area contributed by atoms with Crippen LogP contribution in [0.3, 0.4) is 0 Å². The maximum atomic E-state index is 12.5. The Bertz CT molecular complexity index is 990. The fraction of sp³-hybridized carbons (Fsp3) is 0.533. The molecule has 5 nitrogen and oxygen atoms in total. The van der Waals surface area contributed by atoms with Gasteiger partial charge in [0.1, 0.15) is 17.1 Å². The number of aryl methyl sites for hydroxylation is 1. The van der Waals surface area contributed by atoms with Crippen molar-refractivity contribution in [2.24, 2.45) is 10.8 Å². The van der Waals surface area contributed by atoms with Crippen molar-refractivity contribution in [2.45, 2.75) is 92.6 Å². The normalized spacial score (nSPS) is 17.8. The van der Waals surface area contributed by atoms with Gasteiger partial charge in [0, 0.05) is 0 Å². The van der Waals surface area contributed by atoms with Gasteiger partial charge in [-0.3, -0.25) is 9.59 Å². The molecular formula is C30H42O5. The lowest BCUT2D eigenvalue weighted by Gasteiger charge is -2.34. The molecule has 2 aromatic rings. The quantitative estimate of drug-likeness (QED) is 0.265. The Morgan fingerprint density at radius 2 is 1.46 bits per heavy atom. The zero-order valence-corrected chi connectivity index (χ0v) is 22.4. The molecule has 0 amide bonds. The van der Waals surface area contributed by atoms with E-state index in [1.165, 1.54) is 29.7 Å². The number of aromatic hydroxyl groups is 1. The summed E-state index contributed by atoms with van der Waals surface area (Å²) in [6.45, 7) is 13.7. The minimum Gasteiger partial charge on any atom is -0.508 e. The van der Waals surface area contributed by atoms with Crippen LogP contribution in [0.5, 0.6) is 11.5 Å². The topological polar surface area (TPSA) is 72.8 Å². The number of rotatable bonds is 6. The second-order valence-electron chi connectivity index (χ2n) is 10.8. The van der Waals surface area contributed by atoms with E-state index in [1.54, 1.807) is 12.1 Å². The van der Waals surface area contributed by atoms with E-state index in [2.05, 4.69) is 25.1 Å². The lowest BCUT2D eigenvalue weighted by molar-refractivity contribution is -0.171. The van der Waals surface area contributed by atoms with Crippen LogP contribution in [0.25, 0.3) is 0 Å². The first-order chi connectivity index (χ1) is 16.3. The van der Waals surface area contributed by atoms with Crippen LogP contribution < -0.4 is 4.74 Å². The van der Waals surface area contributed by atoms with E-state index < -0.39 is 16.4 Å². The molecule has 2 aromatic carbocycles. The molecule has 35 heavy (non-hydrogen) atoms. The second kappa shape index (κ2) is 11.7. The number of hydrogen-bond donors (Lipinski definition) is 1. The van der Waals surface area contributed by atoms with Crippen molar-refractivity contribution >= 4 is 11.9 Å². The zero-order valence-electron chi connectivity index (χ0n) is 22.4. The number of benzene rings is 2. The number of phenolic OH excluding ortho intramolecular Hbond substituents is 1. The Hall–Kier alpha value is -2.82. The van der Waals surface area contributed by atoms with Crippen molar-refractivity contribution < 1.29 is 24.2 Å². The van der Waals surface area contributed by atoms with Crippen LogP contribution in [0, 0.1) is 10.8 Å². The number of esters is 2. The summed E-state index contributed by atoms with van der Waals surface area (Å²) in [6.07, 6.45) is 5.79. The molecule has 0 spiro atoms. The Morgan fingerprint density at radius 1 is 0.886 bits per heavy atom. The standard InChI is InChI=1S/C18H26O2.C12H16O3/c1-5-17(2,3)16(19)20-18(4)13-9-8-11-14-10-6-7-12-15(14)18;1-4-12(2,3)11(14)15-10-7-5-9(13)6-8-10/h6-7,10,12H,5,8-9,11,13H2,1-4H3;5-8,13H,4H2,1-3H3. The van der Waals surface area contributed by atoms with Crippen LogP contribution in [-0.4, -0.2) is 17.0 Å². The molecule has 1 aliphatic rings. The van der Waals surface area contributed by atoms with Crippen LogP contribution in [0.2, 0.25) is 0 Å². The van der Waals surface area contributed by atoms with Crippen molar-refractivity contribution in [1.29, 1.82) is 0 Å². The number of ether oxygens (including phenoxy) is 2. The Balaban J connectivity index is 0.000000258. The van der Waals surface area contributed by atoms with Gasteiger partial charge < -0.3 is 14.6 Å². The van der Waals surface area contributed by atoms with Gasteiger partial charge in [0.2, 0.25) is 0 Å². The highest BCUT2D eigenvalue weighted by Crippen LogP contribution is 2.39. The maximum Gasteiger partial charge on any atom is 0.316 e. The van der Waals surface area contributed by atoms with Crippen molar-refractivity contribution in [1.82, 2.24) is 0 Å². The largest absolute Gasteiger partial charge is 0.508 e. The van der Waals surface area contributed by atoms with Gasteiger partial charge >= 0.3 is 11.9 Å². The molecule has 0 radical (unpaired) electrons. The molecule has 192 valence electrons. The van der Waals surface area contributed by atoms with Crippen LogP contribution >= 0.6 is 0 Å². The van der Waals surface area contributed by atoms with E-state index in [-0.39, 0.29) is 17.7 Å². The van der Waals surface area contributed by atoms with Crippen molar-refractivity contribution in [3.8, 4) is 11.5 Å². The van der Waals surface area contributed by atoms with E-state index in [1.807, 2.05) is 47.6 Å². The summed E-state index contributed by atoms with van der Waals surface area (Å²) in [6, 6.07) is 14.5. The zero-order chi connectivity index (χ0) is 26.3. The highest BCUT2D eigenvalue weighted by Gasteiger charge is 2.38. The first-order valence-corrected chi connectivity index (χ1v) is 12.7. The van der Waals surface area contributed by atoms with Crippen LogP contribution in [-0.2, 0) is 26.3 Å². The van der Waals surface area contributed by atoms with E-state index in [0.717, 1.165) is 32.1 Å². The molecule has 1 aliphatic carbocycles. The molecule has 0 heterocycles. The summed E-state index contributed by atoms with van der Waals surface area (Å²) in [4.78, 5) is 24.1. The molecule has 0 aliphatic heterocycles. The SMILES string of the molecule is CCC(C)(C)C(=O)OC1(C)CCCCc2ccccc21.CCC(C)(C)C(=O)Oc1ccc(O)cc1. The third-order valence-electron chi connectivity index (χ3n) is 7.18. The number of hydrogen-bond acceptors (Lipinski definition) is 5. The van der Waals surface area contributed by atoms with E-state index in [0.29, 0.717) is 5.75 Å². The molecule has 1 atom stereocenters. The maximum absolute atomic E-state index is 12.5. The number of carbonyl (C=O) groups is 2. The summed E-state index contributed by atoms with van der Waals surface area (Å²) in [5, 5.41) is 9.06. The fourth-order valence-electron chi connectivity index (χ4n) is 3.66. The predicted molar refractivity (Wildman–Crippen MR) is 139 cm³/mol. The average Bonchev–Trinajstić information content (AvgIpc) is 2.99. The van der Waals surface area contributed by atoms with Crippen LogP contribution in [0.4, 0.5) is 0 Å². The minimum atomic E-state index is -0.476. The number of fused-ring (bicyclic) bond motifs is 1. The molecule has 5 heteroatoms. The lowest BCUT2D eigenvalue weighted by Crippen LogP contribution is -2.36. The van der Waals surface area contributed by atoms with Crippen molar-refractivity contribution in [2.75, 3.05) is 0 Å². The Morgan fingerprint density at radius 3 is 2.06 bits per heavy atom. The van der Waals surface area contributed by atoms with Gasteiger partial charge in [0.05, 0.1) is 10.8 Å². The Kier molecular flexibility index (Phi) is 9.53. The molecule has 3 rings (SSSR count). The highest BCUT2D eigenvalue weighted by atomic mass is 16.6. The fourth-order valence-corrected chi connectivity index (χ4v) is 3.66. The molecule has 0 bridgehead atoms. The summed E-state index contributed by atoms with van der Waals surface area (Å²) < 4.78 is 11.2. The first kappa shape index (κ1) is 28.4. The van der Waals surface area contributed by atoms with E-state index >= 15 is 0 Å². The predicted octanol–water partition coefficient (Wildman–Crippen LogP) is 7.34. The minimum absolute atomic E-state index is 0.0841. The van der Waals surface area contributed by atoms with Gasteiger partial charge in [-0.05, 0) is 109 Å². The Labute approximate surface area is 210 Å². The summed E-state index contributed by atoms with van der Waals surface area (Å²) in [5.74, 6) is 0.277. The van der Waals surface area contributed by atoms with Gasteiger partial charge in [-0.1, -0.05) is 38.1 Å². The van der Waals surface area contributed by atoms with E-state index in [9.17, 15) is 9.59 Å². The molecule has 0 aromatic heterocycles. The molecular weight excluding hydrogens is 440 g/mol. The third-order valence-corrected chi connectivity index (χ3v) is 7.18. The van der Waals surface area contributed by atoms with Crippen LogP contribution in [0.1, 0.15) is 91.7 Å². The highest BCUT2D eigenvalue weighted by molar-refractivity contribution is 5.78. The van der Waals surface area contributed by atoms with Gasteiger partial charge in [-0.25, -0.2) is 0 Å². The monoisotopic (exact) mass is 482 g/mol. The van der Waals surface area contributed by atoms with Gasteiger partial charge in [-0.15, -0.1) is 0 Å². The van der Waals surface area contributed by atoms with Gasteiger partial charge in [0.25, 0.3) is 0 Å². The molecule has 0 fully saturated rings. The van der Waals surface area contributed by atoms with E-state index in [4.69, 9.17) is 14.6 Å².